The molecule has 3 amide bonds. The first-order valence-electron chi connectivity index (χ1n) is 8.12. The Morgan fingerprint density at radius 2 is 1.89 bits per heavy atom. The van der Waals surface area contributed by atoms with Gasteiger partial charge < -0.3 is 4.90 Å². The Bertz CT molecular complexity index is 739. The number of carbonyl (C=O) groups excluding carboxylic acids is 2. The van der Waals surface area contributed by atoms with Gasteiger partial charge >= 0.3 is 12.2 Å². The molecule has 1 aliphatic heterocycles. The van der Waals surface area contributed by atoms with E-state index in [1.807, 2.05) is 0 Å². The van der Waals surface area contributed by atoms with Crippen molar-refractivity contribution in [3.63, 3.8) is 0 Å². The van der Waals surface area contributed by atoms with Crippen LogP contribution < -0.4 is 0 Å². The minimum atomic E-state index is -4.58. The molecule has 8 nitrogen and oxygen atoms in total. The molecule has 1 aromatic carbocycles. The Balaban J connectivity index is 2.22. The van der Waals surface area contributed by atoms with Gasteiger partial charge in [0.1, 0.15) is 6.54 Å². The highest BCUT2D eigenvalue weighted by Crippen LogP contribution is 2.24. The molecule has 2 rings (SSSR count). The smallest absolute Gasteiger partial charge is 0.302 e. The summed E-state index contributed by atoms with van der Waals surface area (Å²) in [5, 5.41) is 11.1. The van der Waals surface area contributed by atoms with Crippen LogP contribution in [0.1, 0.15) is 19.4 Å². The summed E-state index contributed by atoms with van der Waals surface area (Å²) in [7, 11) is 0. The lowest BCUT2D eigenvalue weighted by molar-refractivity contribution is -0.385. The molecule has 0 N–H and O–H groups in total. The summed E-state index contributed by atoms with van der Waals surface area (Å²) < 4.78 is 38.9. The zero-order valence-corrected chi connectivity index (χ0v) is 14.8. The molecule has 0 spiro atoms. The molecule has 0 aliphatic carbocycles. The number of alkyl halides is 3. The predicted octanol–water partition coefficient (Wildman–Crippen LogP) is 2.59. The fraction of sp³-hybridized carbons (Fsp3) is 0.500. The van der Waals surface area contributed by atoms with Crippen molar-refractivity contribution in [3.05, 3.63) is 39.9 Å². The highest BCUT2D eigenvalue weighted by Gasteiger charge is 2.40. The molecular formula is C16H19F3N4O4. The molecule has 1 aromatic rings. The third kappa shape index (κ3) is 5.16. The Morgan fingerprint density at radius 3 is 2.41 bits per heavy atom. The van der Waals surface area contributed by atoms with Crippen LogP contribution in [-0.2, 0) is 11.3 Å². The van der Waals surface area contributed by atoms with Gasteiger partial charge in [-0.3, -0.25) is 24.7 Å². The molecule has 0 aromatic heterocycles. The normalized spacial score (nSPS) is 15.4. The van der Waals surface area contributed by atoms with Gasteiger partial charge in [0.15, 0.2) is 0 Å². The maximum absolute atomic E-state index is 13.0. The number of imide groups is 1. The standard InChI is InChI=1S/C16H19F3N4O4/c1-11(2)22-14(24)8-21(15(22)25)10-20(9-16(17,18)19)7-12-5-3-4-6-13(12)23(26)27/h3-6,11H,7-10H2,1-2H3. The van der Waals surface area contributed by atoms with E-state index in [1.54, 1.807) is 13.8 Å². The van der Waals surface area contributed by atoms with Crippen molar-refractivity contribution in [3.8, 4) is 0 Å². The molecule has 0 radical (unpaired) electrons. The second kappa shape index (κ2) is 7.91. The third-order valence-electron chi connectivity index (χ3n) is 3.94. The zero-order chi connectivity index (χ0) is 20.4. The van der Waals surface area contributed by atoms with E-state index in [4.69, 9.17) is 0 Å². The van der Waals surface area contributed by atoms with E-state index in [9.17, 15) is 32.9 Å². The maximum atomic E-state index is 13.0. The van der Waals surface area contributed by atoms with Crippen LogP contribution in [0.5, 0.6) is 0 Å². The minimum Gasteiger partial charge on any atom is -0.302 e. The number of nitro benzene ring substituents is 1. The number of nitrogens with zero attached hydrogens (tertiary/aromatic N) is 4. The summed E-state index contributed by atoms with van der Waals surface area (Å²) in [5.41, 5.74) is -0.220. The summed E-state index contributed by atoms with van der Waals surface area (Å²) in [4.78, 5) is 37.5. The van der Waals surface area contributed by atoms with Crippen molar-refractivity contribution < 1.29 is 27.7 Å². The largest absolute Gasteiger partial charge is 0.401 e. The lowest BCUT2D eigenvalue weighted by Gasteiger charge is -2.28. The molecule has 1 aliphatic rings. The second-order valence-corrected chi connectivity index (χ2v) is 6.47. The number of amides is 3. The molecule has 1 saturated heterocycles. The van der Waals surface area contributed by atoms with E-state index in [2.05, 4.69) is 0 Å². The number of halogens is 3. The van der Waals surface area contributed by atoms with Crippen LogP contribution in [0.15, 0.2) is 24.3 Å². The molecule has 27 heavy (non-hydrogen) atoms. The fourth-order valence-electron chi connectivity index (χ4n) is 2.90. The molecule has 148 valence electrons. The first kappa shape index (κ1) is 20.6. The Hall–Kier alpha value is -2.69. The van der Waals surface area contributed by atoms with Gasteiger partial charge in [-0.1, -0.05) is 18.2 Å². The SMILES string of the molecule is CC(C)N1C(=O)CN(CN(Cc2ccccc2[N+](=O)[O-])CC(F)(F)F)C1=O. The third-order valence-corrected chi connectivity index (χ3v) is 3.94. The lowest BCUT2D eigenvalue weighted by atomic mass is 10.1. The van der Waals surface area contributed by atoms with E-state index in [1.165, 1.54) is 24.3 Å². The topological polar surface area (TPSA) is 87.0 Å². The van der Waals surface area contributed by atoms with Gasteiger partial charge in [-0.05, 0) is 13.8 Å². The van der Waals surface area contributed by atoms with Crippen LogP contribution in [0.3, 0.4) is 0 Å². The number of rotatable bonds is 7. The van der Waals surface area contributed by atoms with Crippen LogP contribution in [-0.4, -0.2) is 63.5 Å². The molecule has 1 heterocycles. The number of urea groups is 1. The first-order chi connectivity index (χ1) is 12.5. The number of para-hydroxylation sites is 1. The van der Waals surface area contributed by atoms with Gasteiger partial charge in [-0.2, -0.15) is 13.2 Å². The van der Waals surface area contributed by atoms with Gasteiger partial charge in [0.05, 0.1) is 18.1 Å². The van der Waals surface area contributed by atoms with Crippen LogP contribution >= 0.6 is 0 Å². The first-order valence-corrected chi connectivity index (χ1v) is 8.12. The summed E-state index contributed by atoms with van der Waals surface area (Å²) in [5.74, 6) is -0.493. The lowest BCUT2D eigenvalue weighted by Crippen LogP contribution is -2.44. The molecule has 1 fully saturated rings. The van der Waals surface area contributed by atoms with E-state index in [-0.39, 0.29) is 17.8 Å². The van der Waals surface area contributed by atoms with Crippen molar-refractivity contribution in [2.24, 2.45) is 0 Å². The molecular weight excluding hydrogens is 369 g/mol. The maximum Gasteiger partial charge on any atom is 0.401 e. The van der Waals surface area contributed by atoms with Crippen LogP contribution in [0.25, 0.3) is 0 Å². The summed E-state index contributed by atoms with van der Waals surface area (Å²) in [6.07, 6.45) is -4.58. The van der Waals surface area contributed by atoms with Crippen LogP contribution in [0, 0.1) is 10.1 Å². The molecule has 0 bridgehead atoms. The van der Waals surface area contributed by atoms with Gasteiger partial charge in [0.2, 0.25) is 0 Å². The molecule has 0 unspecified atom stereocenters. The van der Waals surface area contributed by atoms with Crippen molar-refractivity contribution in [1.82, 2.24) is 14.7 Å². The number of hydrogen-bond donors (Lipinski definition) is 0. The average molecular weight is 388 g/mol. The van der Waals surface area contributed by atoms with Gasteiger partial charge in [0, 0.05) is 24.2 Å². The average Bonchev–Trinajstić information content (AvgIpc) is 2.79. The Labute approximate surface area is 153 Å². The highest BCUT2D eigenvalue weighted by molar-refractivity contribution is 6.02. The van der Waals surface area contributed by atoms with E-state index in [0.29, 0.717) is 0 Å². The van der Waals surface area contributed by atoms with Gasteiger partial charge in [-0.15, -0.1) is 0 Å². The monoisotopic (exact) mass is 388 g/mol. The number of hydrogen-bond acceptors (Lipinski definition) is 5. The zero-order valence-electron chi connectivity index (χ0n) is 14.8. The van der Waals surface area contributed by atoms with Gasteiger partial charge in [0.25, 0.3) is 11.6 Å². The number of benzene rings is 1. The van der Waals surface area contributed by atoms with Crippen molar-refractivity contribution in [2.75, 3.05) is 19.8 Å². The number of carbonyl (C=O) groups is 2. The Kier molecular flexibility index (Phi) is 6.04. The van der Waals surface area contributed by atoms with Crippen LogP contribution in [0.2, 0.25) is 0 Å². The van der Waals surface area contributed by atoms with Gasteiger partial charge in [-0.25, -0.2) is 4.79 Å². The predicted molar refractivity (Wildman–Crippen MR) is 88.5 cm³/mol. The molecule has 0 saturated carbocycles. The summed E-state index contributed by atoms with van der Waals surface area (Å²) in [6, 6.07) is 4.37. The second-order valence-electron chi connectivity index (χ2n) is 6.47. The minimum absolute atomic E-state index is 0.0884. The van der Waals surface area contributed by atoms with Crippen molar-refractivity contribution in [2.45, 2.75) is 32.6 Å². The van der Waals surface area contributed by atoms with E-state index < -0.39 is 48.8 Å². The highest BCUT2D eigenvalue weighted by atomic mass is 19.4. The van der Waals surface area contributed by atoms with E-state index >= 15 is 0 Å². The number of nitro groups is 1. The summed E-state index contributed by atoms with van der Waals surface area (Å²) in [6.45, 7) is 0.677. The fourth-order valence-corrected chi connectivity index (χ4v) is 2.90. The Morgan fingerprint density at radius 1 is 1.26 bits per heavy atom. The summed E-state index contributed by atoms with van der Waals surface area (Å²) >= 11 is 0. The van der Waals surface area contributed by atoms with E-state index in [0.717, 1.165) is 14.7 Å². The van der Waals surface area contributed by atoms with Crippen molar-refractivity contribution >= 4 is 17.6 Å². The molecule has 0 atom stereocenters. The molecule has 11 heteroatoms. The quantitative estimate of drug-likeness (QED) is 0.407. The van der Waals surface area contributed by atoms with Crippen molar-refractivity contribution in [1.29, 1.82) is 0 Å². The van der Waals surface area contributed by atoms with Crippen LogP contribution in [0.4, 0.5) is 23.7 Å².